The highest BCUT2D eigenvalue weighted by atomic mass is 16.5. The lowest BCUT2D eigenvalue weighted by atomic mass is 10.0. The Kier molecular flexibility index (Phi) is 6.02. The summed E-state index contributed by atoms with van der Waals surface area (Å²) in [5.74, 6) is -0.425. The molecule has 0 bridgehead atoms. The second-order valence-electron chi connectivity index (χ2n) is 6.42. The number of likely N-dealkylation sites (tertiary alicyclic amines) is 1. The SMILES string of the molecule is COC(=O)[C@@H]1CCCN1C(=O)[C@H](NCc1ccccc1)c1ccccc1. The molecule has 0 unspecified atom stereocenters. The number of hydrogen-bond donors (Lipinski definition) is 1. The van der Waals surface area contributed by atoms with Crippen LogP contribution in [0.1, 0.15) is 30.0 Å². The third kappa shape index (κ3) is 4.11. The van der Waals surface area contributed by atoms with Crippen LogP contribution in [0.5, 0.6) is 0 Å². The first-order valence-electron chi connectivity index (χ1n) is 8.91. The van der Waals surface area contributed by atoms with E-state index in [1.165, 1.54) is 7.11 Å². The summed E-state index contributed by atoms with van der Waals surface area (Å²) in [5, 5.41) is 3.36. The van der Waals surface area contributed by atoms with Crippen LogP contribution in [0.3, 0.4) is 0 Å². The number of nitrogens with zero attached hydrogens (tertiary/aromatic N) is 1. The number of esters is 1. The summed E-state index contributed by atoms with van der Waals surface area (Å²) in [7, 11) is 1.37. The van der Waals surface area contributed by atoms with E-state index < -0.39 is 12.1 Å². The van der Waals surface area contributed by atoms with Crippen LogP contribution in [0.25, 0.3) is 0 Å². The fourth-order valence-corrected chi connectivity index (χ4v) is 3.39. The Morgan fingerprint density at radius 3 is 2.42 bits per heavy atom. The third-order valence-corrected chi connectivity index (χ3v) is 4.74. The molecule has 26 heavy (non-hydrogen) atoms. The zero-order chi connectivity index (χ0) is 18.4. The number of carbonyl (C=O) groups excluding carboxylic acids is 2. The van der Waals surface area contributed by atoms with E-state index >= 15 is 0 Å². The number of hydrogen-bond acceptors (Lipinski definition) is 4. The summed E-state index contributed by atoms with van der Waals surface area (Å²) >= 11 is 0. The molecule has 136 valence electrons. The number of benzene rings is 2. The number of methoxy groups -OCH3 is 1. The molecule has 0 spiro atoms. The Bertz CT molecular complexity index is 733. The largest absolute Gasteiger partial charge is 0.467 e. The fraction of sp³-hybridized carbons (Fsp3) is 0.333. The standard InChI is InChI=1S/C21H24N2O3/c1-26-21(25)18-13-8-14-23(18)20(24)19(17-11-6-3-7-12-17)22-15-16-9-4-2-5-10-16/h2-7,9-12,18-19,22H,8,13-15H2,1H3/t18-,19+/m0/s1. The summed E-state index contributed by atoms with van der Waals surface area (Å²) in [5.41, 5.74) is 2.00. The van der Waals surface area contributed by atoms with E-state index in [0.29, 0.717) is 19.5 Å². The molecule has 1 fully saturated rings. The van der Waals surface area contributed by atoms with Crippen molar-refractivity contribution in [2.45, 2.75) is 31.5 Å². The van der Waals surface area contributed by atoms with Gasteiger partial charge in [0, 0.05) is 13.1 Å². The maximum atomic E-state index is 13.3. The van der Waals surface area contributed by atoms with Gasteiger partial charge in [-0.1, -0.05) is 60.7 Å². The summed E-state index contributed by atoms with van der Waals surface area (Å²) in [6.45, 7) is 1.15. The van der Waals surface area contributed by atoms with Crippen LogP contribution in [-0.4, -0.2) is 36.5 Å². The van der Waals surface area contributed by atoms with E-state index in [-0.39, 0.29) is 11.9 Å². The molecule has 1 N–H and O–H groups in total. The molecule has 1 heterocycles. The van der Waals surface area contributed by atoms with Gasteiger partial charge in [-0.05, 0) is 24.0 Å². The topological polar surface area (TPSA) is 58.6 Å². The van der Waals surface area contributed by atoms with Gasteiger partial charge in [0.1, 0.15) is 12.1 Å². The number of nitrogens with one attached hydrogen (secondary N) is 1. The highest BCUT2D eigenvalue weighted by Gasteiger charge is 2.38. The van der Waals surface area contributed by atoms with Gasteiger partial charge in [0.2, 0.25) is 5.91 Å². The first-order chi connectivity index (χ1) is 12.7. The minimum absolute atomic E-state index is 0.0833. The van der Waals surface area contributed by atoms with Gasteiger partial charge in [0.15, 0.2) is 0 Å². The molecular weight excluding hydrogens is 328 g/mol. The maximum absolute atomic E-state index is 13.3. The highest BCUT2D eigenvalue weighted by molar-refractivity contribution is 5.89. The molecule has 1 aliphatic rings. The molecule has 5 heteroatoms. The predicted octanol–water partition coefficient (Wildman–Crippen LogP) is 2.68. The van der Waals surface area contributed by atoms with E-state index in [1.54, 1.807) is 4.90 Å². The van der Waals surface area contributed by atoms with Crippen LogP contribution >= 0.6 is 0 Å². The smallest absolute Gasteiger partial charge is 0.328 e. The van der Waals surface area contributed by atoms with Crippen molar-refractivity contribution in [1.82, 2.24) is 10.2 Å². The van der Waals surface area contributed by atoms with E-state index in [9.17, 15) is 9.59 Å². The number of carbonyl (C=O) groups is 2. The zero-order valence-electron chi connectivity index (χ0n) is 14.9. The Balaban J connectivity index is 1.80. The molecule has 1 aliphatic heterocycles. The summed E-state index contributed by atoms with van der Waals surface area (Å²) in [6, 6.07) is 18.6. The average Bonchev–Trinajstić information content (AvgIpc) is 3.19. The maximum Gasteiger partial charge on any atom is 0.328 e. The van der Waals surface area contributed by atoms with Gasteiger partial charge in [-0.25, -0.2) is 4.79 Å². The molecule has 1 amide bonds. The van der Waals surface area contributed by atoms with Crippen LogP contribution in [0, 0.1) is 0 Å². The van der Waals surface area contributed by atoms with Crippen molar-refractivity contribution >= 4 is 11.9 Å². The Labute approximate surface area is 154 Å². The lowest BCUT2D eigenvalue weighted by Crippen LogP contribution is -2.46. The van der Waals surface area contributed by atoms with Gasteiger partial charge < -0.3 is 9.64 Å². The lowest BCUT2D eigenvalue weighted by molar-refractivity contribution is -0.151. The van der Waals surface area contributed by atoms with Gasteiger partial charge in [0.05, 0.1) is 7.11 Å². The number of rotatable bonds is 6. The molecule has 0 radical (unpaired) electrons. The summed E-state index contributed by atoms with van der Waals surface area (Å²) in [6.07, 6.45) is 1.46. The van der Waals surface area contributed by atoms with Gasteiger partial charge in [-0.2, -0.15) is 0 Å². The van der Waals surface area contributed by atoms with Crippen LogP contribution < -0.4 is 5.32 Å². The van der Waals surface area contributed by atoms with Crippen molar-refractivity contribution in [2.24, 2.45) is 0 Å². The van der Waals surface area contributed by atoms with Gasteiger partial charge in [-0.15, -0.1) is 0 Å². The molecular formula is C21H24N2O3. The van der Waals surface area contributed by atoms with Crippen LogP contribution in [0.15, 0.2) is 60.7 Å². The predicted molar refractivity (Wildman–Crippen MR) is 99.2 cm³/mol. The number of amides is 1. The first-order valence-corrected chi connectivity index (χ1v) is 8.91. The summed E-state index contributed by atoms with van der Waals surface area (Å²) in [4.78, 5) is 26.9. The zero-order valence-corrected chi connectivity index (χ0v) is 14.9. The molecule has 3 rings (SSSR count). The quantitative estimate of drug-likeness (QED) is 0.812. The van der Waals surface area contributed by atoms with Gasteiger partial charge in [-0.3, -0.25) is 10.1 Å². The lowest BCUT2D eigenvalue weighted by Gasteiger charge is -2.28. The minimum Gasteiger partial charge on any atom is -0.467 e. The molecule has 1 saturated heterocycles. The Hall–Kier alpha value is -2.66. The van der Waals surface area contributed by atoms with Crippen molar-refractivity contribution in [3.8, 4) is 0 Å². The number of ether oxygens (including phenoxy) is 1. The van der Waals surface area contributed by atoms with Crippen molar-refractivity contribution in [2.75, 3.05) is 13.7 Å². The second kappa shape index (κ2) is 8.63. The van der Waals surface area contributed by atoms with E-state index in [1.807, 2.05) is 60.7 Å². The molecule has 5 nitrogen and oxygen atoms in total. The third-order valence-electron chi connectivity index (χ3n) is 4.74. The molecule has 2 atom stereocenters. The van der Waals surface area contributed by atoms with Crippen molar-refractivity contribution in [3.05, 3.63) is 71.8 Å². The van der Waals surface area contributed by atoms with Crippen LogP contribution in [0.2, 0.25) is 0 Å². The van der Waals surface area contributed by atoms with Crippen molar-refractivity contribution in [3.63, 3.8) is 0 Å². The van der Waals surface area contributed by atoms with Gasteiger partial charge in [0.25, 0.3) is 0 Å². The van der Waals surface area contributed by atoms with Crippen molar-refractivity contribution in [1.29, 1.82) is 0 Å². The molecule has 2 aromatic carbocycles. The van der Waals surface area contributed by atoms with E-state index in [4.69, 9.17) is 4.74 Å². The monoisotopic (exact) mass is 352 g/mol. The summed E-state index contributed by atoms with van der Waals surface area (Å²) < 4.78 is 4.88. The highest BCUT2D eigenvalue weighted by Crippen LogP contribution is 2.24. The molecule has 2 aromatic rings. The van der Waals surface area contributed by atoms with Gasteiger partial charge >= 0.3 is 5.97 Å². The molecule has 0 saturated carbocycles. The van der Waals surface area contributed by atoms with Crippen LogP contribution in [0.4, 0.5) is 0 Å². The van der Waals surface area contributed by atoms with Crippen molar-refractivity contribution < 1.29 is 14.3 Å². The van der Waals surface area contributed by atoms with Crippen LogP contribution in [-0.2, 0) is 20.9 Å². The second-order valence-corrected chi connectivity index (χ2v) is 6.42. The Morgan fingerprint density at radius 1 is 1.12 bits per heavy atom. The van der Waals surface area contributed by atoms with E-state index in [0.717, 1.165) is 17.5 Å². The minimum atomic E-state index is -0.498. The molecule has 0 aliphatic carbocycles. The average molecular weight is 352 g/mol. The molecule has 0 aromatic heterocycles. The first kappa shape index (κ1) is 18.1. The fourth-order valence-electron chi connectivity index (χ4n) is 3.39. The normalized spacial score (nSPS) is 17.7. The van der Waals surface area contributed by atoms with E-state index in [2.05, 4.69) is 5.32 Å². The Morgan fingerprint density at radius 2 is 1.77 bits per heavy atom.